The molecule has 0 aromatic heterocycles. The van der Waals surface area contributed by atoms with Crippen molar-refractivity contribution < 1.29 is 103 Å². The first-order valence-corrected chi connectivity index (χ1v) is 15.6. The third kappa shape index (κ3) is 8.86. The van der Waals surface area contributed by atoms with Gasteiger partial charge in [-0.15, -0.1) is 0 Å². The van der Waals surface area contributed by atoms with Crippen molar-refractivity contribution in [1.82, 2.24) is 0 Å². The minimum atomic E-state index is -4.86. The van der Waals surface area contributed by atoms with E-state index in [0.29, 0.717) is 26.1 Å². The van der Waals surface area contributed by atoms with Crippen molar-refractivity contribution in [2.75, 3.05) is 13.2 Å². The summed E-state index contributed by atoms with van der Waals surface area (Å²) in [7, 11) is -6.76. The summed E-state index contributed by atoms with van der Waals surface area (Å²) in [6.45, 7) is 4.72. The van der Waals surface area contributed by atoms with Crippen LogP contribution >= 0.6 is 0 Å². The Kier molecular flexibility index (Phi) is 14.4. The normalized spacial score (nSPS) is 28.5. The van der Waals surface area contributed by atoms with Crippen molar-refractivity contribution in [2.24, 2.45) is 0 Å². The molecule has 1 N–H and O–H groups in total. The van der Waals surface area contributed by atoms with E-state index in [9.17, 15) is 22.6 Å². The Labute approximate surface area is 230 Å². The van der Waals surface area contributed by atoms with Gasteiger partial charge in [-0.2, -0.15) is 8.42 Å². The average Bonchev–Trinajstić information content (AvgIpc) is 2.66. The fourth-order valence-electron chi connectivity index (χ4n) is 3.48. The van der Waals surface area contributed by atoms with Crippen LogP contribution in [-0.2, 0) is 38.7 Å². The molecule has 0 amide bonds. The van der Waals surface area contributed by atoms with Gasteiger partial charge in [0.2, 0.25) is 0 Å². The molecule has 2 fully saturated rings. The molecular weight excluding hydrogens is 470 g/mol. The summed E-state index contributed by atoms with van der Waals surface area (Å²) >= 11 is 0. The standard InChI is InChI=1S/C16H30O9SSi2.2Na.2H/c1-27-15(7-3-5-9-22-15)24-13(17)11-12(26(19,20)21)14(18)25-16(28-2)8-4-6-10-23-16;;;;/h12H,3-11,27-28H2,1-2H3,(H,19,20,21);;;;/q;2*+1;2*-1. The van der Waals surface area contributed by atoms with E-state index in [1.54, 1.807) is 0 Å². The molecule has 0 spiro atoms. The van der Waals surface area contributed by atoms with Gasteiger partial charge in [-0.25, -0.2) is 0 Å². The van der Waals surface area contributed by atoms with Gasteiger partial charge in [-0.05, 0) is 25.7 Å². The predicted molar refractivity (Wildman–Crippen MR) is 108 cm³/mol. The number of ether oxygens (including phenoxy) is 4. The van der Waals surface area contributed by atoms with Crippen molar-refractivity contribution in [1.29, 1.82) is 0 Å². The van der Waals surface area contributed by atoms with Crippen LogP contribution in [0.15, 0.2) is 0 Å². The third-order valence-corrected chi connectivity index (χ3v) is 9.91. The molecule has 14 heteroatoms. The minimum absolute atomic E-state index is 0. The molecule has 3 unspecified atom stereocenters. The maximum atomic E-state index is 12.5. The zero-order chi connectivity index (χ0) is 20.8. The van der Waals surface area contributed by atoms with Crippen LogP contribution in [0.4, 0.5) is 0 Å². The Balaban J connectivity index is -0.00000210. The zero-order valence-electron chi connectivity index (χ0n) is 20.5. The molecule has 2 heterocycles. The van der Waals surface area contributed by atoms with Crippen LogP contribution < -0.4 is 59.1 Å². The molecule has 3 atom stereocenters. The molecule has 0 saturated carbocycles. The second-order valence-electron chi connectivity index (χ2n) is 7.24. The van der Waals surface area contributed by atoms with Crippen LogP contribution in [0.25, 0.3) is 0 Å². The molecule has 0 bridgehead atoms. The van der Waals surface area contributed by atoms with Gasteiger partial charge in [-0.3, -0.25) is 14.1 Å². The molecule has 0 aromatic carbocycles. The summed E-state index contributed by atoms with van der Waals surface area (Å²) in [6.07, 6.45) is 3.58. The van der Waals surface area contributed by atoms with Gasteiger partial charge in [-0.1, -0.05) is 13.1 Å². The molecule has 30 heavy (non-hydrogen) atoms. The van der Waals surface area contributed by atoms with E-state index in [1.807, 2.05) is 13.1 Å². The van der Waals surface area contributed by atoms with E-state index in [1.165, 1.54) is 0 Å². The smallest absolute Gasteiger partial charge is 1.00 e. The summed E-state index contributed by atoms with van der Waals surface area (Å²) < 4.78 is 55.2. The van der Waals surface area contributed by atoms with Crippen molar-refractivity contribution in [2.45, 2.75) is 74.1 Å². The van der Waals surface area contributed by atoms with Crippen LogP contribution in [-0.4, -0.2) is 73.2 Å². The molecule has 2 aliphatic rings. The van der Waals surface area contributed by atoms with Crippen LogP contribution in [0.1, 0.15) is 47.8 Å². The zero-order valence-corrected chi connectivity index (χ0v) is 26.1. The molecule has 0 aliphatic carbocycles. The number of esters is 2. The second-order valence-corrected chi connectivity index (χ2v) is 12.4. The Morgan fingerprint density at radius 3 is 1.83 bits per heavy atom. The average molecular weight is 503 g/mol. The van der Waals surface area contributed by atoms with Crippen LogP contribution in [0, 0.1) is 0 Å². The Hall–Kier alpha value is 1.20. The molecule has 0 aromatic rings. The largest absolute Gasteiger partial charge is 1.00 e. The maximum Gasteiger partial charge on any atom is 1.00 e. The summed E-state index contributed by atoms with van der Waals surface area (Å²) in [5.74, 6) is -2.08. The topological polar surface area (TPSA) is 125 Å². The van der Waals surface area contributed by atoms with Crippen LogP contribution in [0.2, 0.25) is 13.1 Å². The van der Waals surface area contributed by atoms with Gasteiger partial charge in [0.25, 0.3) is 10.1 Å². The summed E-state index contributed by atoms with van der Waals surface area (Å²) in [5.41, 5.74) is -2.07. The number of rotatable bonds is 8. The number of hydrogen-bond donors (Lipinski definition) is 1. The van der Waals surface area contributed by atoms with Gasteiger partial charge in [0.05, 0.1) is 19.6 Å². The summed E-state index contributed by atoms with van der Waals surface area (Å²) in [5, 5.41) is -2.04. The number of carbonyl (C=O) groups is 2. The Bertz CT molecular complexity index is 676. The molecule has 2 saturated heterocycles. The van der Waals surface area contributed by atoms with Crippen molar-refractivity contribution in [3.05, 3.63) is 0 Å². The van der Waals surface area contributed by atoms with E-state index < -0.39 is 63.6 Å². The second kappa shape index (κ2) is 13.8. The SMILES string of the molecule is C[SiH2]C1(OC(=O)CC(C(=O)OC2([SiH2]C)CCCCO2)S(=O)(=O)O)CCCCO1.[H-].[H-].[Na+].[Na+]. The fraction of sp³-hybridized carbons (Fsp3) is 0.875. The molecule has 9 nitrogen and oxygen atoms in total. The minimum Gasteiger partial charge on any atom is -1.00 e. The maximum absolute atomic E-state index is 12.5. The molecule has 166 valence electrons. The van der Waals surface area contributed by atoms with E-state index in [0.717, 1.165) is 25.7 Å². The first-order chi connectivity index (χ1) is 13.2. The van der Waals surface area contributed by atoms with E-state index in [2.05, 4.69) is 0 Å². The first-order valence-electron chi connectivity index (χ1n) is 9.84. The molecule has 2 aliphatic heterocycles. The fourth-order valence-corrected chi connectivity index (χ4v) is 6.61. The van der Waals surface area contributed by atoms with Gasteiger partial charge in [0.15, 0.2) is 16.1 Å². The molecule has 2 rings (SSSR count). The van der Waals surface area contributed by atoms with Gasteiger partial charge >= 0.3 is 71.1 Å². The molecule has 0 radical (unpaired) electrons. The van der Waals surface area contributed by atoms with Crippen molar-refractivity contribution in [3.63, 3.8) is 0 Å². The Morgan fingerprint density at radius 2 is 1.47 bits per heavy atom. The summed E-state index contributed by atoms with van der Waals surface area (Å²) in [4.78, 5) is 24.9. The van der Waals surface area contributed by atoms with Crippen LogP contribution in [0.3, 0.4) is 0 Å². The van der Waals surface area contributed by atoms with E-state index in [4.69, 9.17) is 18.9 Å². The van der Waals surface area contributed by atoms with Gasteiger partial charge in [0.1, 0.15) is 19.0 Å². The van der Waals surface area contributed by atoms with Gasteiger partial charge in [0, 0.05) is 12.8 Å². The Morgan fingerprint density at radius 1 is 1.00 bits per heavy atom. The van der Waals surface area contributed by atoms with E-state index >= 15 is 0 Å². The molecular formula is C16H32Na2O9SSi2. The first kappa shape index (κ1) is 31.2. The number of carbonyl (C=O) groups excluding carboxylic acids is 2. The monoisotopic (exact) mass is 502 g/mol. The van der Waals surface area contributed by atoms with Gasteiger partial charge < -0.3 is 21.8 Å². The predicted octanol–water partition coefficient (Wildman–Crippen LogP) is -5.91. The number of hydrogen-bond acceptors (Lipinski definition) is 8. The van der Waals surface area contributed by atoms with Crippen LogP contribution in [0.5, 0.6) is 0 Å². The quantitative estimate of drug-likeness (QED) is 0.196. The summed E-state index contributed by atoms with van der Waals surface area (Å²) in [6, 6.07) is 0. The van der Waals surface area contributed by atoms with Crippen molar-refractivity contribution in [3.8, 4) is 0 Å². The van der Waals surface area contributed by atoms with E-state index in [-0.39, 0.29) is 62.0 Å². The van der Waals surface area contributed by atoms with Crippen molar-refractivity contribution >= 4 is 41.1 Å². The third-order valence-electron chi connectivity index (χ3n) is 5.27.